The highest BCUT2D eigenvalue weighted by atomic mass is 16.6. The lowest BCUT2D eigenvalue weighted by Crippen LogP contribution is -2.34. The Morgan fingerprint density at radius 3 is 2.43 bits per heavy atom. The fourth-order valence-electron chi connectivity index (χ4n) is 1.62. The minimum absolute atomic E-state index is 0.244. The number of esters is 1. The van der Waals surface area contributed by atoms with Crippen LogP contribution in [0.4, 0.5) is 0 Å². The van der Waals surface area contributed by atoms with Crippen LogP contribution in [0.1, 0.15) is 18.6 Å². The van der Waals surface area contributed by atoms with Crippen molar-refractivity contribution in [1.29, 1.82) is 0 Å². The molecule has 21 heavy (non-hydrogen) atoms. The van der Waals surface area contributed by atoms with Crippen molar-refractivity contribution in [2.45, 2.75) is 19.1 Å². The van der Waals surface area contributed by atoms with E-state index in [1.54, 1.807) is 51.4 Å². The van der Waals surface area contributed by atoms with Crippen molar-refractivity contribution in [2.75, 3.05) is 20.7 Å². The molecule has 0 aliphatic rings. The average molecular weight is 291 g/mol. The Kier molecular flexibility index (Phi) is 6.62. The highest BCUT2D eigenvalue weighted by Gasteiger charge is 2.28. The van der Waals surface area contributed by atoms with Crippen LogP contribution in [0.25, 0.3) is 0 Å². The highest BCUT2D eigenvalue weighted by Crippen LogP contribution is 2.20. The number of rotatable bonds is 7. The molecule has 2 unspecified atom stereocenters. The summed E-state index contributed by atoms with van der Waals surface area (Å²) in [6, 6.07) is 8.90. The van der Waals surface area contributed by atoms with E-state index in [2.05, 4.69) is 6.58 Å². The molecule has 1 rings (SSSR count). The second-order valence-corrected chi connectivity index (χ2v) is 4.72. The van der Waals surface area contributed by atoms with Crippen molar-refractivity contribution in [2.24, 2.45) is 0 Å². The zero-order chi connectivity index (χ0) is 15.8. The van der Waals surface area contributed by atoms with Gasteiger partial charge in [0.25, 0.3) is 5.91 Å². The molecule has 0 N–H and O–H groups in total. The Labute approximate surface area is 125 Å². The quantitative estimate of drug-likeness (QED) is 0.569. The van der Waals surface area contributed by atoms with E-state index in [1.165, 1.54) is 4.90 Å². The molecule has 0 saturated carbocycles. The summed E-state index contributed by atoms with van der Waals surface area (Å²) in [5.74, 6) is -0.883. The van der Waals surface area contributed by atoms with Crippen LogP contribution in [0.5, 0.6) is 0 Å². The summed E-state index contributed by atoms with van der Waals surface area (Å²) >= 11 is 0. The standard InChI is InChI=1S/C16H21NO4/c1-5-11-20-12(2)16(19)21-14(15(18)17(3)4)13-9-7-6-8-10-13/h5-10,12,14H,1,11H2,2-4H3. The van der Waals surface area contributed by atoms with Crippen molar-refractivity contribution in [3.63, 3.8) is 0 Å². The van der Waals surface area contributed by atoms with E-state index in [1.807, 2.05) is 6.07 Å². The third kappa shape index (κ3) is 5.04. The first-order valence-corrected chi connectivity index (χ1v) is 6.66. The van der Waals surface area contributed by atoms with Gasteiger partial charge in [-0.2, -0.15) is 0 Å². The van der Waals surface area contributed by atoms with Crippen LogP contribution in [0.3, 0.4) is 0 Å². The summed E-state index contributed by atoms with van der Waals surface area (Å²) in [6.45, 7) is 5.34. The Morgan fingerprint density at radius 1 is 1.29 bits per heavy atom. The van der Waals surface area contributed by atoms with Gasteiger partial charge in [-0.05, 0) is 6.92 Å². The lowest BCUT2D eigenvalue weighted by molar-refractivity contribution is -0.168. The first-order valence-electron chi connectivity index (χ1n) is 6.66. The van der Waals surface area contributed by atoms with Crippen molar-refractivity contribution in [3.8, 4) is 0 Å². The smallest absolute Gasteiger partial charge is 0.336 e. The van der Waals surface area contributed by atoms with Crippen LogP contribution >= 0.6 is 0 Å². The van der Waals surface area contributed by atoms with Gasteiger partial charge in [0.15, 0.2) is 6.10 Å². The fraction of sp³-hybridized carbons (Fsp3) is 0.375. The number of hydrogen-bond donors (Lipinski definition) is 0. The van der Waals surface area contributed by atoms with Gasteiger partial charge in [-0.3, -0.25) is 4.79 Å². The molecule has 2 atom stereocenters. The topological polar surface area (TPSA) is 55.8 Å². The van der Waals surface area contributed by atoms with Crippen LogP contribution in [-0.2, 0) is 19.1 Å². The van der Waals surface area contributed by atoms with Gasteiger partial charge in [0.2, 0.25) is 6.10 Å². The van der Waals surface area contributed by atoms with E-state index in [0.29, 0.717) is 5.56 Å². The second kappa shape index (κ2) is 8.21. The van der Waals surface area contributed by atoms with E-state index >= 15 is 0 Å². The maximum atomic E-state index is 12.2. The predicted molar refractivity (Wildman–Crippen MR) is 79.6 cm³/mol. The average Bonchev–Trinajstić information content (AvgIpc) is 2.49. The molecule has 114 valence electrons. The molecule has 0 aliphatic carbocycles. The molecule has 0 heterocycles. The first-order chi connectivity index (χ1) is 9.97. The summed E-state index contributed by atoms with van der Waals surface area (Å²) in [5.41, 5.74) is 0.625. The van der Waals surface area contributed by atoms with Crippen molar-refractivity contribution >= 4 is 11.9 Å². The number of nitrogens with zero attached hydrogens (tertiary/aromatic N) is 1. The largest absolute Gasteiger partial charge is 0.445 e. The third-order valence-corrected chi connectivity index (χ3v) is 2.80. The summed E-state index contributed by atoms with van der Waals surface area (Å²) in [6.07, 6.45) is -0.184. The number of amides is 1. The number of hydrogen-bond acceptors (Lipinski definition) is 4. The molecule has 1 amide bonds. The van der Waals surface area contributed by atoms with Crippen molar-refractivity contribution in [1.82, 2.24) is 4.90 Å². The highest BCUT2D eigenvalue weighted by molar-refractivity contribution is 5.85. The van der Waals surface area contributed by atoms with Gasteiger partial charge in [-0.1, -0.05) is 36.4 Å². The molecule has 0 aromatic heterocycles. The number of carbonyl (C=O) groups is 2. The zero-order valence-electron chi connectivity index (χ0n) is 12.6. The zero-order valence-corrected chi connectivity index (χ0v) is 12.6. The Bertz CT molecular complexity index is 484. The van der Waals surface area contributed by atoms with Crippen molar-refractivity contribution < 1.29 is 19.1 Å². The van der Waals surface area contributed by atoms with E-state index in [9.17, 15) is 9.59 Å². The maximum Gasteiger partial charge on any atom is 0.336 e. The van der Waals surface area contributed by atoms with Crippen LogP contribution in [-0.4, -0.2) is 43.6 Å². The maximum absolute atomic E-state index is 12.2. The molecule has 1 aromatic carbocycles. The molecule has 0 fully saturated rings. The molecule has 1 aromatic rings. The minimum atomic E-state index is -0.969. The van der Waals surface area contributed by atoms with Gasteiger partial charge in [0.05, 0.1) is 6.61 Å². The first kappa shape index (κ1) is 16.9. The van der Waals surface area contributed by atoms with E-state index in [0.717, 1.165) is 0 Å². The van der Waals surface area contributed by atoms with Crippen LogP contribution in [0.2, 0.25) is 0 Å². The Balaban J connectivity index is 2.86. The Hall–Kier alpha value is -2.14. The molecule has 0 aliphatic heterocycles. The number of likely N-dealkylation sites (N-methyl/N-ethyl adjacent to an activating group) is 1. The number of benzene rings is 1. The van der Waals surface area contributed by atoms with Crippen LogP contribution in [0, 0.1) is 0 Å². The Morgan fingerprint density at radius 2 is 1.90 bits per heavy atom. The third-order valence-electron chi connectivity index (χ3n) is 2.80. The molecule has 5 heteroatoms. The van der Waals surface area contributed by atoms with Gasteiger partial charge in [0, 0.05) is 19.7 Å². The van der Waals surface area contributed by atoms with Gasteiger partial charge in [0.1, 0.15) is 0 Å². The summed E-state index contributed by atoms with van der Waals surface area (Å²) in [5, 5.41) is 0. The minimum Gasteiger partial charge on any atom is -0.445 e. The molecule has 0 bridgehead atoms. The van der Waals surface area contributed by atoms with Gasteiger partial charge in [-0.15, -0.1) is 6.58 Å². The van der Waals surface area contributed by atoms with Crippen molar-refractivity contribution in [3.05, 3.63) is 48.6 Å². The summed E-state index contributed by atoms with van der Waals surface area (Å²) < 4.78 is 10.5. The van der Waals surface area contributed by atoms with E-state index in [4.69, 9.17) is 9.47 Å². The normalized spacial score (nSPS) is 13.1. The lowest BCUT2D eigenvalue weighted by atomic mass is 10.1. The SMILES string of the molecule is C=CCOC(C)C(=O)OC(C(=O)N(C)C)c1ccccc1. The van der Waals surface area contributed by atoms with Gasteiger partial charge >= 0.3 is 5.97 Å². The monoisotopic (exact) mass is 291 g/mol. The molecule has 0 saturated heterocycles. The predicted octanol–water partition coefficient (Wildman–Crippen LogP) is 1.95. The number of carbonyl (C=O) groups excluding carboxylic acids is 2. The summed E-state index contributed by atoms with van der Waals surface area (Å²) in [4.78, 5) is 25.6. The van der Waals surface area contributed by atoms with E-state index in [-0.39, 0.29) is 12.5 Å². The van der Waals surface area contributed by atoms with Crippen LogP contribution in [0.15, 0.2) is 43.0 Å². The second-order valence-electron chi connectivity index (χ2n) is 4.72. The van der Waals surface area contributed by atoms with Gasteiger partial charge < -0.3 is 14.4 Å². The number of ether oxygens (including phenoxy) is 2. The fourth-order valence-corrected chi connectivity index (χ4v) is 1.62. The lowest BCUT2D eigenvalue weighted by Gasteiger charge is -2.22. The van der Waals surface area contributed by atoms with Gasteiger partial charge in [-0.25, -0.2) is 4.79 Å². The molecular weight excluding hydrogens is 270 g/mol. The van der Waals surface area contributed by atoms with E-state index < -0.39 is 18.2 Å². The molecule has 0 radical (unpaired) electrons. The molecular formula is C16H21NO4. The molecule has 5 nitrogen and oxygen atoms in total. The summed E-state index contributed by atoms with van der Waals surface area (Å²) in [7, 11) is 3.23. The molecule has 0 spiro atoms. The van der Waals surface area contributed by atoms with Crippen LogP contribution < -0.4 is 0 Å².